The number of aliphatic hydroxyl groups is 1. The zero-order chi connectivity index (χ0) is 15.4. The number of thiophene rings is 1. The lowest BCUT2D eigenvalue weighted by Crippen LogP contribution is -1.91. The van der Waals surface area contributed by atoms with Crippen molar-refractivity contribution in [3.05, 3.63) is 50.9 Å². The van der Waals surface area contributed by atoms with Crippen molar-refractivity contribution < 1.29 is 19.6 Å². The fourth-order valence-electron chi connectivity index (χ4n) is 1.70. The number of aliphatic hydroxyl groups excluding tert-OH is 1. The zero-order valence-electron chi connectivity index (χ0n) is 11.2. The van der Waals surface area contributed by atoms with E-state index in [0.29, 0.717) is 12.2 Å². The average molecular weight is 307 g/mol. The summed E-state index contributed by atoms with van der Waals surface area (Å²) in [6, 6.07) is 8.11. The summed E-state index contributed by atoms with van der Waals surface area (Å²) in [6.45, 7) is 1.40. The Balaban J connectivity index is 2.25. The Morgan fingerprint density at radius 3 is 2.57 bits per heavy atom. The molecule has 0 unspecified atom stereocenters. The smallest absolute Gasteiger partial charge is 0.323 e. The summed E-state index contributed by atoms with van der Waals surface area (Å²) in [5.74, 6) is 0.202. The van der Waals surface area contributed by atoms with E-state index in [9.17, 15) is 14.9 Å². The van der Waals surface area contributed by atoms with Crippen molar-refractivity contribution in [3.63, 3.8) is 0 Å². The van der Waals surface area contributed by atoms with Gasteiger partial charge in [-0.05, 0) is 31.0 Å². The molecule has 0 spiro atoms. The molecule has 7 heteroatoms. The summed E-state index contributed by atoms with van der Waals surface area (Å²) < 4.78 is 5.50. The molecule has 2 aromatic rings. The van der Waals surface area contributed by atoms with Gasteiger partial charge >= 0.3 is 5.69 Å². The second-order valence-corrected chi connectivity index (χ2v) is 5.33. The fraction of sp³-hybridized carbons (Fsp3) is 0.214. The van der Waals surface area contributed by atoms with Gasteiger partial charge in [0, 0.05) is 12.7 Å². The number of nitrogens with zero attached hydrogens (tertiary/aromatic N) is 1. The number of rotatable bonds is 6. The molecular formula is C14H13NO5S. The lowest BCUT2D eigenvalue weighted by atomic mass is 10.1. The molecule has 6 nitrogen and oxygen atoms in total. The van der Waals surface area contributed by atoms with Crippen LogP contribution < -0.4 is 4.74 Å². The van der Waals surface area contributed by atoms with Crippen LogP contribution in [0, 0.1) is 10.1 Å². The highest BCUT2D eigenvalue weighted by Crippen LogP contribution is 2.39. The van der Waals surface area contributed by atoms with Crippen LogP contribution in [0.3, 0.4) is 0 Å². The van der Waals surface area contributed by atoms with Gasteiger partial charge in [-0.3, -0.25) is 14.9 Å². The highest BCUT2D eigenvalue weighted by Gasteiger charge is 2.22. The Hall–Kier alpha value is -2.25. The van der Waals surface area contributed by atoms with Crippen LogP contribution in [0.15, 0.2) is 30.3 Å². The summed E-state index contributed by atoms with van der Waals surface area (Å²) >= 11 is 0.952. The standard InChI is InChI=1S/C14H13NO5S/c1-9(17)13-8-12(15(18)19)14(21-13)20-11-4-2-10(3-5-11)6-7-16/h2-5,8,16H,6-7H2,1H3. The molecule has 21 heavy (non-hydrogen) atoms. The van der Waals surface area contributed by atoms with E-state index in [0.717, 1.165) is 16.9 Å². The van der Waals surface area contributed by atoms with Gasteiger partial charge in [-0.25, -0.2) is 0 Å². The molecule has 0 aliphatic heterocycles. The Bertz CT molecular complexity index is 663. The largest absolute Gasteiger partial charge is 0.440 e. The van der Waals surface area contributed by atoms with Crippen molar-refractivity contribution >= 4 is 22.8 Å². The monoisotopic (exact) mass is 307 g/mol. The summed E-state index contributed by atoms with van der Waals surface area (Å²) in [5.41, 5.74) is 0.722. The number of benzene rings is 1. The van der Waals surface area contributed by atoms with Crippen molar-refractivity contribution in [2.24, 2.45) is 0 Å². The number of carbonyl (C=O) groups is 1. The van der Waals surface area contributed by atoms with Crippen LogP contribution in [-0.4, -0.2) is 22.4 Å². The van der Waals surface area contributed by atoms with Gasteiger partial charge in [-0.2, -0.15) is 0 Å². The number of ether oxygens (including phenoxy) is 1. The third kappa shape index (κ3) is 3.65. The third-order valence-electron chi connectivity index (χ3n) is 2.76. The van der Waals surface area contributed by atoms with Gasteiger partial charge in [-0.15, -0.1) is 0 Å². The molecule has 1 aromatic heterocycles. The summed E-state index contributed by atoms with van der Waals surface area (Å²) in [5, 5.41) is 19.9. The predicted molar refractivity (Wildman–Crippen MR) is 78.3 cm³/mol. The van der Waals surface area contributed by atoms with Crippen LogP contribution >= 0.6 is 11.3 Å². The van der Waals surface area contributed by atoms with E-state index in [1.807, 2.05) is 0 Å². The Labute approximate surface area is 124 Å². The molecule has 1 N–H and O–H groups in total. The molecule has 110 valence electrons. The van der Waals surface area contributed by atoms with E-state index in [2.05, 4.69) is 0 Å². The molecule has 0 aliphatic carbocycles. The molecule has 0 atom stereocenters. The van der Waals surface area contributed by atoms with Gasteiger partial charge in [0.25, 0.3) is 5.06 Å². The summed E-state index contributed by atoms with van der Waals surface area (Å²) in [6.07, 6.45) is 0.536. The van der Waals surface area contributed by atoms with Crippen LogP contribution in [0.5, 0.6) is 10.8 Å². The maximum Gasteiger partial charge on any atom is 0.323 e. The van der Waals surface area contributed by atoms with Gasteiger partial charge in [0.05, 0.1) is 9.80 Å². The van der Waals surface area contributed by atoms with Crippen molar-refractivity contribution in [3.8, 4) is 10.8 Å². The van der Waals surface area contributed by atoms with E-state index in [1.165, 1.54) is 13.0 Å². The first-order valence-corrected chi connectivity index (χ1v) is 6.99. The van der Waals surface area contributed by atoms with Gasteiger partial charge in [0.1, 0.15) is 5.75 Å². The molecule has 0 saturated carbocycles. The molecule has 2 rings (SSSR count). The van der Waals surface area contributed by atoms with E-state index in [1.54, 1.807) is 24.3 Å². The van der Waals surface area contributed by atoms with Gasteiger partial charge < -0.3 is 9.84 Å². The lowest BCUT2D eigenvalue weighted by Gasteiger charge is -2.04. The lowest BCUT2D eigenvalue weighted by molar-refractivity contribution is -0.385. The maximum absolute atomic E-state index is 11.3. The number of carbonyl (C=O) groups excluding carboxylic acids is 1. The van der Waals surface area contributed by atoms with Crippen LogP contribution in [0.4, 0.5) is 5.69 Å². The highest BCUT2D eigenvalue weighted by molar-refractivity contribution is 7.16. The number of Topliss-reactive ketones (excluding diaryl/α,β-unsaturated/α-hetero) is 1. The number of hydrogen-bond acceptors (Lipinski definition) is 6. The van der Waals surface area contributed by atoms with Crippen LogP contribution in [0.25, 0.3) is 0 Å². The Morgan fingerprint density at radius 1 is 1.38 bits per heavy atom. The van der Waals surface area contributed by atoms with E-state index in [-0.39, 0.29) is 28.0 Å². The van der Waals surface area contributed by atoms with Crippen LogP contribution in [0.1, 0.15) is 22.2 Å². The normalized spacial score (nSPS) is 10.4. The van der Waals surface area contributed by atoms with E-state index >= 15 is 0 Å². The number of ketones is 1. The molecule has 1 aromatic carbocycles. The molecule has 1 heterocycles. The van der Waals surface area contributed by atoms with Crippen molar-refractivity contribution in [1.29, 1.82) is 0 Å². The fourth-order valence-corrected chi connectivity index (χ4v) is 2.59. The highest BCUT2D eigenvalue weighted by atomic mass is 32.1. The minimum Gasteiger partial charge on any atom is -0.440 e. The van der Waals surface area contributed by atoms with Gasteiger partial charge in [-0.1, -0.05) is 23.5 Å². The van der Waals surface area contributed by atoms with Gasteiger partial charge in [0.2, 0.25) is 0 Å². The topological polar surface area (TPSA) is 89.7 Å². The molecule has 0 radical (unpaired) electrons. The summed E-state index contributed by atoms with van der Waals surface area (Å²) in [4.78, 5) is 22.0. The molecule has 0 fully saturated rings. The van der Waals surface area contributed by atoms with E-state index in [4.69, 9.17) is 9.84 Å². The van der Waals surface area contributed by atoms with Crippen molar-refractivity contribution in [2.75, 3.05) is 6.61 Å². The minimum absolute atomic E-state index is 0.0541. The molecule has 0 amide bonds. The van der Waals surface area contributed by atoms with Crippen LogP contribution in [-0.2, 0) is 6.42 Å². The average Bonchev–Trinajstić information content (AvgIpc) is 2.86. The van der Waals surface area contributed by atoms with Gasteiger partial charge in [0.15, 0.2) is 5.78 Å². The second-order valence-electron chi connectivity index (χ2n) is 4.32. The molecule has 0 bridgehead atoms. The second kappa shape index (κ2) is 6.47. The van der Waals surface area contributed by atoms with Crippen molar-refractivity contribution in [2.45, 2.75) is 13.3 Å². The number of hydrogen-bond donors (Lipinski definition) is 1. The Kier molecular flexibility index (Phi) is 4.66. The Morgan fingerprint density at radius 2 is 2.05 bits per heavy atom. The van der Waals surface area contributed by atoms with Crippen LogP contribution in [0.2, 0.25) is 0 Å². The first-order valence-electron chi connectivity index (χ1n) is 6.18. The molecule has 0 saturated heterocycles. The predicted octanol–water partition coefficient (Wildman–Crippen LogP) is 3.19. The third-order valence-corrected chi connectivity index (χ3v) is 3.86. The zero-order valence-corrected chi connectivity index (χ0v) is 12.1. The first kappa shape index (κ1) is 15.1. The molecular weight excluding hydrogens is 294 g/mol. The molecule has 0 aliphatic rings. The van der Waals surface area contributed by atoms with Crippen molar-refractivity contribution in [1.82, 2.24) is 0 Å². The SMILES string of the molecule is CC(=O)c1cc([N+](=O)[O-])c(Oc2ccc(CCO)cc2)s1. The summed E-state index contributed by atoms with van der Waals surface area (Å²) in [7, 11) is 0. The maximum atomic E-state index is 11.3. The van der Waals surface area contributed by atoms with E-state index < -0.39 is 4.92 Å². The quantitative estimate of drug-likeness (QED) is 0.503. The minimum atomic E-state index is -0.571. The number of nitro groups is 1. The first-order chi connectivity index (χ1) is 10.0.